The van der Waals surface area contributed by atoms with Gasteiger partial charge in [-0.1, -0.05) is 24.6 Å². The summed E-state index contributed by atoms with van der Waals surface area (Å²) in [5.41, 5.74) is 0.300. The second-order valence-electron chi connectivity index (χ2n) is 7.79. The summed E-state index contributed by atoms with van der Waals surface area (Å²) in [5, 5.41) is 16.9. The van der Waals surface area contributed by atoms with Crippen LogP contribution in [0.15, 0.2) is 35.7 Å². The van der Waals surface area contributed by atoms with E-state index in [-0.39, 0.29) is 23.6 Å². The van der Waals surface area contributed by atoms with Crippen LogP contribution in [0.25, 0.3) is 10.7 Å². The molecule has 2 amide bonds. The highest BCUT2D eigenvalue weighted by molar-refractivity contribution is 7.13. The molecule has 0 saturated carbocycles. The van der Waals surface area contributed by atoms with Crippen molar-refractivity contribution in [3.63, 3.8) is 0 Å². The van der Waals surface area contributed by atoms with Crippen LogP contribution >= 0.6 is 22.9 Å². The Morgan fingerprint density at radius 1 is 1.41 bits per heavy atom. The summed E-state index contributed by atoms with van der Waals surface area (Å²) in [6.07, 6.45) is 2.11. The number of nitrogens with zero attached hydrogens (tertiary/aromatic N) is 5. The van der Waals surface area contributed by atoms with Crippen LogP contribution in [0.3, 0.4) is 0 Å². The van der Waals surface area contributed by atoms with Crippen molar-refractivity contribution < 1.29 is 18.7 Å². The number of anilines is 1. The zero-order chi connectivity index (χ0) is 24.1. The van der Waals surface area contributed by atoms with Crippen LogP contribution in [-0.4, -0.2) is 57.3 Å². The molecule has 1 N–H and O–H groups in total. The van der Waals surface area contributed by atoms with Crippen molar-refractivity contribution in [1.82, 2.24) is 25.5 Å². The summed E-state index contributed by atoms with van der Waals surface area (Å²) in [5.74, 6) is -1.01. The molecule has 34 heavy (non-hydrogen) atoms. The molecule has 1 fully saturated rings. The van der Waals surface area contributed by atoms with E-state index in [1.54, 1.807) is 6.92 Å². The molecule has 0 spiro atoms. The first-order chi connectivity index (χ1) is 16.5. The maximum Gasteiger partial charge on any atom is 0.251 e. The Morgan fingerprint density at radius 2 is 2.26 bits per heavy atom. The molecular weight excluding hydrogens is 483 g/mol. The van der Waals surface area contributed by atoms with E-state index < -0.39 is 17.8 Å². The fraction of sp³-hybridized carbons (Fsp3) is 0.409. The van der Waals surface area contributed by atoms with E-state index >= 15 is 0 Å². The molecule has 2 aromatic heterocycles. The zero-order valence-electron chi connectivity index (χ0n) is 18.5. The minimum Gasteiger partial charge on any atom is -0.376 e. The number of aromatic nitrogens is 4. The molecule has 180 valence electrons. The van der Waals surface area contributed by atoms with Crippen LogP contribution in [0.1, 0.15) is 26.2 Å². The lowest BCUT2D eigenvalue weighted by Crippen LogP contribution is -2.51. The lowest BCUT2D eigenvalue weighted by atomic mass is 10.1. The van der Waals surface area contributed by atoms with E-state index in [0.29, 0.717) is 31.1 Å². The Bertz CT molecular complexity index is 1140. The van der Waals surface area contributed by atoms with Crippen LogP contribution < -0.4 is 10.2 Å². The number of nitrogens with one attached hydrogen (secondary N) is 1. The number of rotatable bonds is 9. The first kappa shape index (κ1) is 24.2. The number of tetrazole rings is 1. The average Bonchev–Trinajstić information content (AvgIpc) is 3.60. The molecule has 0 bridgehead atoms. The minimum atomic E-state index is -0.851. The molecule has 1 aromatic carbocycles. The lowest BCUT2D eigenvalue weighted by Gasteiger charge is -2.30. The number of thiophene rings is 1. The number of carbonyl (C=O) groups excluding carboxylic acids is 2. The second kappa shape index (κ2) is 11.0. The Labute approximate surface area is 204 Å². The van der Waals surface area contributed by atoms with Crippen LogP contribution in [-0.2, 0) is 20.9 Å². The number of carbonyl (C=O) groups is 2. The summed E-state index contributed by atoms with van der Waals surface area (Å²) in [4.78, 5) is 29.8. The average molecular weight is 507 g/mol. The molecule has 1 saturated heterocycles. The molecule has 4 rings (SSSR count). The number of halogens is 2. The van der Waals surface area contributed by atoms with E-state index in [2.05, 4.69) is 20.7 Å². The van der Waals surface area contributed by atoms with Crippen LogP contribution in [0.2, 0.25) is 5.02 Å². The first-order valence-corrected chi connectivity index (χ1v) is 12.2. The fourth-order valence-electron chi connectivity index (χ4n) is 3.77. The van der Waals surface area contributed by atoms with Gasteiger partial charge in [0, 0.05) is 18.8 Å². The Balaban J connectivity index is 1.56. The molecule has 0 radical (unpaired) electrons. The molecule has 1 aliphatic rings. The molecule has 9 nitrogen and oxygen atoms in total. The summed E-state index contributed by atoms with van der Waals surface area (Å²) in [6.45, 7) is 2.57. The number of benzene rings is 1. The first-order valence-electron chi connectivity index (χ1n) is 10.9. The van der Waals surface area contributed by atoms with Crippen molar-refractivity contribution in [3.05, 3.63) is 46.6 Å². The third kappa shape index (κ3) is 5.60. The normalized spacial score (nSPS) is 16.4. The van der Waals surface area contributed by atoms with Gasteiger partial charge in [-0.05, 0) is 54.1 Å². The number of hydrogen-bond donors (Lipinski definition) is 1. The molecule has 2 unspecified atom stereocenters. The molecule has 3 aromatic rings. The van der Waals surface area contributed by atoms with E-state index in [0.717, 1.165) is 23.8 Å². The van der Waals surface area contributed by atoms with E-state index in [4.69, 9.17) is 16.3 Å². The van der Waals surface area contributed by atoms with Gasteiger partial charge < -0.3 is 10.1 Å². The molecule has 12 heteroatoms. The van der Waals surface area contributed by atoms with Gasteiger partial charge in [0.1, 0.15) is 18.4 Å². The molecule has 1 aliphatic heterocycles. The predicted molar refractivity (Wildman–Crippen MR) is 126 cm³/mol. The third-order valence-corrected chi connectivity index (χ3v) is 6.61. The Kier molecular flexibility index (Phi) is 7.86. The van der Waals surface area contributed by atoms with Crippen molar-refractivity contribution in [1.29, 1.82) is 0 Å². The second-order valence-corrected chi connectivity index (χ2v) is 9.14. The van der Waals surface area contributed by atoms with Crippen LogP contribution in [0.4, 0.5) is 10.1 Å². The quantitative estimate of drug-likeness (QED) is 0.477. The monoisotopic (exact) mass is 506 g/mol. The van der Waals surface area contributed by atoms with Crippen molar-refractivity contribution in [2.45, 2.75) is 44.9 Å². The fourth-order valence-corrected chi connectivity index (χ4v) is 4.59. The highest BCUT2D eigenvalue weighted by Crippen LogP contribution is 2.26. The van der Waals surface area contributed by atoms with E-state index in [1.165, 1.54) is 33.2 Å². The predicted octanol–water partition coefficient (Wildman–Crippen LogP) is 3.30. The van der Waals surface area contributed by atoms with Gasteiger partial charge in [-0.25, -0.2) is 4.39 Å². The highest BCUT2D eigenvalue weighted by atomic mass is 35.5. The summed E-state index contributed by atoms with van der Waals surface area (Å²) in [7, 11) is 0. The summed E-state index contributed by atoms with van der Waals surface area (Å²) < 4.78 is 19.4. The van der Waals surface area contributed by atoms with Crippen molar-refractivity contribution in [2.75, 3.05) is 18.1 Å². The van der Waals surface area contributed by atoms with Gasteiger partial charge >= 0.3 is 0 Å². The van der Waals surface area contributed by atoms with Gasteiger partial charge in [0.15, 0.2) is 0 Å². The number of amides is 2. The Hall–Kier alpha value is -2.89. The lowest BCUT2D eigenvalue weighted by molar-refractivity contribution is -0.127. The van der Waals surface area contributed by atoms with E-state index in [9.17, 15) is 14.0 Å². The van der Waals surface area contributed by atoms with Crippen molar-refractivity contribution in [3.8, 4) is 10.7 Å². The van der Waals surface area contributed by atoms with Gasteiger partial charge in [-0.3, -0.25) is 14.5 Å². The summed E-state index contributed by atoms with van der Waals surface area (Å²) in [6, 6.07) is 6.78. The third-order valence-electron chi connectivity index (χ3n) is 5.45. The molecule has 0 aliphatic carbocycles. The molecule has 2 atom stereocenters. The number of ether oxygens (including phenoxy) is 1. The van der Waals surface area contributed by atoms with Gasteiger partial charge in [0.25, 0.3) is 5.91 Å². The van der Waals surface area contributed by atoms with Gasteiger partial charge in [0.2, 0.25) is 11.7 Å². The standard InChI is InChI=1S/C22H24ClFN6O3S/c1-2-18(22(32)25-12-15-5-3-9-33-15)30(14-7-8-17(24)16(23)11-14)20(31)13-29-27-21(26-28-29)19-6-4-10-34-19/h4,6-8,10-11,15,18H,2-3,5,9,12-13H2,1H3,(H,25,32). The largest absolute Gasteiger partial charge is 0.376 e. The van der Waals surface area contributed by atoms with Crippen molar-refractivity contribution in [2.24, 2.45) is 0 Å². The SMILES string of the molecule is CCC(C(=O)NCC1CCCO1)N(C(=O)Cn1nnc(-c2cccs2)n1)c1ccc(F)c(Cl)c1. The van der Waals surface area contributed by atoms with Gasteiger partial charge in [-0.15, -0.1) is 21.5 Å². The number of hydrogen-bond acceptors (Lipinski definition) is 7. The van der Waals surface area contributed by atoms with Crippen LogP contribution in [0.5, 0.6) is 0 Å². The van der Waals surface area contributed by atoms with Gasteiger partial charge in [-0.2, -0.15) is 4.80 Å². The van der Waals surface area contributed by atoms with Crippen molar-refractivity contribution >= 4 is 40.4 Å². The molecule has 3 heterocycles. The maximum absolute atomic E-state index is 13.8. The van der Waals surface area contributed by atoms with E-state index in [1.807, 2.05) is 17.5 Å². The highest BCUT2D eigenvalue weighted by Gasteiger charge is 2.31. The minimum absolute atomic E-state index is 0.0408. The Morgan fingerprint density at radius 3 is 2.94 bits per heavy atom. The maximum atomic E-state index is 13.8. The van der Waals surface area contributed by atoms with Gasteiger partial charge in [0.05, 0.1) is 16.0 Å². The molecular formula is C22H24ClFN6O3S. The van der Waals surface area contributed by atoms with Crippen LogP contribution in [0, 0.1) is 5.82 Å². The topological polar surface area (TPSA) is 102 Å². The summed E-state index contributed by atoms with van der Waals surface area (Å²) >= 11 is 7.44. The zero-order valence-corrected chi connectivity index (χ0v) is 20.1. The smallest absolute Gasteiger partial charge is 0.251 e.